The summed E-state index contributed by atoms with van der Waals surface area (Å²) in [6.07, 6.45) is 39.2. The molecule has 3 aliphatic rings. The lowest BCUT2D eigenvalue weighted by atomic mass is 10.1. The standard InChI is InChI=1S/C27H27N9O2.C26H25N9O2.C26H24N8O2.C22H19N9O2/c1-15(2)7-22(37)31-18-8-16(10-28-12-18)17-9-19-24(34-35-25(19)30-11-17)26-32-21-14-29-13-20(23(21)33-26)27(38)36-5-3-4-6-36;1-14(2)25(36)30-17-7-15(9-27-11-17)16-8-18-22(33-34-23(18)29-10-16)24-31-20-13-28-12-19(21(20)32-24)26(37)35-5-3-4-6-35;1-2-18(35)10-17-6-5-15(11-28-17)16-9-19-23(32-33-24(19)29-12-16)25-30-21-14-27-13-20(22(21)31-25)26(36)34-7-3-4-8-34;1-3-17(32)27-13-4-11(6-24-8-13)12-5-14-19(30-31-20(14)26-7-12)21-28-16-10-25-9-15(18(16)29-21)22(33)23-2/h8-15H,3-7H2,1-2H3,(H,31,37)(H,32,33)(H,30,34,35);7-14H,3-6H2,1-2H3,(H,30,36)(H,31,32)(H,29,33,34);5-6,9,11-14H,2-4,7-8,10H2,1H3,(H,30,31)(H,29,32,33);4-10H,3H2,1-2H3,(H,23,33)(H,27,32)(H,28,29)(H,26,30,31). The molecule has 7 amide bonds. The molecule has 12 N–H and O–H groups in total. The molecule has 0 radical (unpaired) electrons. The van der Waals surface area contributed by atoms with Gasteiger partial charge in [-0.25, -0.2) is 39.9 Å². The molecule has 20 aromatic rings. The van der Waals surface area contributed by atoms with Gasteiger partial charge >= 0.3 is 0 Å². The van der Waals surface area contributed by atoms with E-state index in [1.54, 1.807) is 126 Å². The second kappa shape index (κ2) is 40.5. The predicted octanol–water partition coefficient (Wildman–Crippen LogP) is 14.3. The first-order valence-electron chi connectivity index (χ1n) is 47.2. The van der Waals surface area contributed by atoms with Gasteiger partial charge in [0.15, 0.2) is 45.9 Å². The van der Waals surface area contributed by atoms with Crippen LogP contribution >= 0.6 is 0 Å². The van der Waals surface area contributed by atoms with Gasteiger partial charge in [-0.2, -0.15) is 20.4 Å². The predicted molar refractivity (Wildman–Crippen MR) is 538 cm³/mol. The number of hydrogen-bond acceptors (Lipinski definition) is 28. The van der Waals surface area contributed by atoms with Crippen molar-refractivity contribution in [1.82, 2.24) is 160 Å². The number of Topliss-reactive ketones (excluding diaryl/α,β-unsaturated/α-hetero) is 1. The average molecular weight is 1930 g/mol. The molecule has 0 unspecified atom stereocenters. The Morgan fingerprint density at radius 2 is 0.667 bits per heavy atom. The van der Waals surface area contributed by atoms with E-state index in [2.05, 4.69) is 147 Å². The van der Waals surface area contributed by atoms with Crippen LogP contribution in [0.5, 0.6) is 0 Å². The van der Waals surface area contributed by atoms with E-state index in [1.165, 1.54) is 6.20 Å². The lowest BCUT2D eigenvalue weighted by Gasteiger charge is -2.14. The minimum absolute atomic E-state index is 0.0429. The van der Waals surface area contributed by atoms with Gasteiger partial charge in [0.25, 0.3) is 23.6 Å². The molecular weight excluding hydrogens is 1830 g/mol. The van der Waals surface area contributed by atoms with E-state index in [1.807, 2.05) is 104 Å². The number of carbonyl (C=O) groups excluding carboxylic acids is 8. The Morgan fingerprint density at radius 3 is 0.993 bits per heavy atom. The Hall–Kier alpha value is -18.5. The van der Waals surface area contributed by atoms with Gasteiger partial charge in [0, 0.05) is 202 Å². The van der Waals surface area contributed by atoms with Crippen molar-refractivity contribution in [3.05, 3.63) is 200 Å². The molecule has 0 aromatic carbocycles. The van der Waals surface area contributed by atoms with Crippen molar-refractivity contribution in [2.45, 2.75) is 106 Å². The molecule has 43 heteroatoms. The number of amides is 7. The third-order valence-electron chi connectivity index (χ3n) is 24.9. The van der Waals surface area contributed by atoms with Crippen LogP contribution in [0.3, 0.4) is 0 Å². The number of aromatic nitrogens is 28. The summed E-state index contributed by atoms with van der Waals surface area (Å²) in [7, 11) is 1.56. The summed E-state index contributed by atoms with van der Waals surface area (Å²) in [4.78, 5) is 189. The Kier molecular flexibility index (Phi) is 26.2. The number of pyridine rings is 12. The quantitative estimate of drug-likeness (QED) is 0.0300. The lowest BCUT2D eigenvalue weighted by Crippen LogP contribution is -2.27. The third kappa shape index (κ3) is 19.5. The smallest absolute Gasteiger partial charge is 0.257 e. The van der Waals surface area contributed by atoms with Crippen molar-refractivity contribution in [2.75, 3.05) is 62.3 Å². The largest absolute Gasteiger partial charge is 0.355 e. The van der Waals surface area contributed by atoms with E-state index in [-0.39, 0.29) is 59.0 Å². The van der Waals surface area contributed by atoms with E-state index >= 15 is 0 Å². The Balaban J connectivity index is 0.000000117. The number of rotatable bonds is 22. The molecule has 3 saturated heterocycles. The molecule has 0 atom stereocenters. The monoisotopic (exact) mass is 1930 g/mol. The number of hydrogen-bond donors (Lipinski definition) is 12. The fourth-order valence-corrected chi connectivity index (χ4v) is 17.3. The molecule has 0 spiro atoms. The molecule has 43 nitrogen and oxygen atoms in total. The maximum atomic E-state index is 13.1. The van der Waals surface area contributed by atoms with Crippen LogP contribution in [0.4, 0.5) is 17.1 Å². The van der Waals surface area contributed by atoms with Crippen LogP contribution in [0, 0.1) is 11.8 Å². The summed E-state index contributed by atoms with van der Waals surface area (Å²) in [5, 5.41) is 43.6. The summed E-state index contributed by atoms with van der Waals surface area (Å²) < 4.78 is 0. The SMILES string of the molecule is CC(C)C(=O)Nc1cncc(-c2cnc3n[nH]c(-c4nc5c(C(=O)N6CCCC6)cncc5[nH]4)c3c2)c1.CC(C)CC(=O)Nc1cncc(-c2cnc3n[nH]c(-c4nc5c(C(=O)N6CCCC6)cncc5[nH]4)c3c2)c1.CCC(=O)Cc1ccc(-c2cnc3n[nH]c(-c4nc5c(C(=O)N6CCCC6)cncc5[nH]4)c3c2)cn1.CCC(=O)Nc1cncc(-c2cnc3n[nH]c(-c4nc5c(C(=O)NC)cncc5[nH]4)c3c2)c1. The minimum atomic E-state index is -0.271. The Morgan fingerprint density at radius 1 is 0.347 bits per heavy atom. The number of imidazole rings is 4. The second-order valence-corrected chi connectivity index (χ2v) is 35.7. The maximum absolute atomic E-state index is 13.1. The van der Waals surface area contributed by atoms with Crippen LogP contribution < -0.4 is 21.3 Å². The zero-order valence-corrected chi connectivity index (χ0v) is 79.2. The number of fused-ring (bicyclic) bond motifs is 8. The lowest BCUT2D eigenvalue weighted by molar-refractivity contribution is -0.119. The van der Waals surface area contributed by atoms with Crippen LogP contribution in [0.2, 0.25) is 0 Å². The number of anilines is 3. The number of nitrogens with one attached hydrogen (secondary N) is 12. The van der Waals surface area contributed by atoms with E-state index in [9.17, 15) is 38.4 Å². The fraction of sp³-hybridized carbons (Fsp3) is 0.248. The van der Waals surface area contributed by atoms with Crippen molar-refractivity contribution in [1.29, 1.82) is 0 Å². The minimum Gasteiger partial charge on any atom is -0.355 e. The van der Waals surface area contributed by atoms with Crippen LogP contribution in [0.25, 0.3) is 179 Å². The molecule has 0 aliphatic carbocycles. The highest BCUT2D eigenvalue weighted by Crippen LogP contribution is 2.38. The zero-order chi connectivity index (χ0) is 99.3. The highest BCUT2D eigenvalue weighted by molar-refractivity contribution is 6.10. The van der Waals surface area contributed by atoms with Crippen LogP contribution in [0.1, 0.15) is 146 Å². The molecule has 0 bridgehead atoms. The van der Waals surface area contributed by atoms with Crippen molar-refractivity contribution in [2.24, 2.45) is 11.8 Å². The first kappa shape index (κ1) is 93.2. The van der Waals surface area contributed by atoms with E-state index in [4.69, 9.17) is 15.0 Å². The fourth-order valence-electron chi connectivity index (χ4n) is 17.3. The van der Waals surface area contributed by atoms with Gasteiger partial charge in [-0.15, -0.1) is 0 Å². The average Bonchev–Trinajstić information content (AvgIpc) is 1.63. The molecule has 0 saturated carbocycles. The number of nitrogens with zero attached hydrogens (tertiary/aromatic N) is 23. The normalized spacial score (nSPS) is 13.0. The number of aromatic amines is 8. The molecule has 23 heterocycles. The van der Waals surface area contributed by atoms with E-state index < -0.39 is 0 Å². The van der Waals surface area contributed by atoms with Gasteiger partial charge in [-0.1, -0.05) is 47.6 Å². The topological polar surface area (TPSA) is 579 Å². The van der Waals surface area contributed by atoms with Crippen molar-refractivity contribution < 1.29 is 38.4 Å². The third-order valence-corrected chi connectivity index (χ3v) is 24.9. The molecule has 144 heavy (non-hydrogen) atoms. The van der Waals surface area contributed by atoms with Gasteiger partial charge in [0.2, 0.25) is 17.7 Å². The number of H-pyrrole nitrogens is 8. The molecule has 3 aliphatic heterocycles. The second-order valence-electron chi connectivity index (χ2n) is 35.7. The van der Waals surface area contributed by atoms with Gasteiger partial charge in [-0.05, 0) is 93.0 Å². The van der Waals surface area contributed by atoms with Gasteiger partial charge in [0.1, 0.15) is 50.6 Å². The Bertz CT molecular complexity index is 8350. The summed E-state index contributed by atoms with van der Waals surface area (Å²) in [5.74, 6) is 1.80. The van der Waals surface area contributed by atoms with E-state index in [0.29, 0.717) is 178 Å². The number of ketones is 1. The van der Waals surface area contributed by atoms with Crippen molar-refractivity contribution in [3.63, 3.8) is 0 Å². The van der Waals surface area contributed by atoms with Gasteiger partial charge in [0.05, 0.1) is 126 Å². The number of likely N-dealkylation sites (tertiary alicyclic amines) is 3. The molecule has 23 rings (SSSR count). The molecule has 722 valence electrons. The highest BCUT2D eigenvalue weighted by Gasteiger charge is 2.30. The summed E-state index contributed by atoms with van der Waals surface area (Å²) in [5.41, 5.74) is 20.7. The first-order chi connectivity index (χ1) is 70.1. The molecule has 20 aromatic heterocycles. The molecular formula is C101H95N35O8. The van der Waals surface area contributed by atoms with Gasteiger partial charge in [-0.3, -0.25) is 98.6 Å². The summed E-state index contributed by atoms with van der Waals surface area (Å²) in [6, 6.07) is 17.2. The zero-order valence-electron chi connectivity index (χ0n) is 79.2. The number of carbonyl (C=O) groups is 8. The van der Waals surface area contributed by atoms with Crippen molar-refractivity contribution in [3.8, 4) is 90.6 Å². The van der Waals surface area contributed by atoms with Gasteiger partial charge < -0.3 is 55.9 Å². The first-order valence-corrected chi connectivity index (χ1v) is 47.2. The molecule has 3 fully saturated rings. The maximum Gasteiger partial charge on any atom is 0.257 e. The van der Waals surface area contributed by atoms with Crippen LogP contribution in [-0.2, 0) is 25.6 Å². The summed E-state index contributed by atoms with van der Waals surface area (Å²) in [6.45, 7) is 15.9. The van der Waals surface area contributed by atoms with E-state index in [0.717, 1.165) is 150 Å². The van der Waals surface area contributed by atoms with Crippen molar-refractivity contribution >= 4 is 152 Å². The highest BCUT2D eigenvalue weighted by atomic mass is 16.2. The van der Waals surface area contributed by atoms with Crippen LogP contribution in [0.15, 0.2) is 172 Å². The summed E-state index contributed by atoms with van der Waals surface area (Å²) >= 11 is 0. The van der Waals surface area contributed by atoms with Crippen LogP contribution in [-0.4, -0.2) is 249 Å². The Labute approximate surface area is 817 Å².